The van der Waals surface area contributed by atoms with Gasteiger partial charge in [-0.15, -0.1) is 0 Å². The van der Waals surface area contributed by atoms with E-state index in [0.717, 1.165) is 27.9 Å². The molecule has 4 nitrogen and oxygen atoms in total. The molecule has 1 spiro atoms. The molecule has 10 aromatic rings. The summed E-state index contributed by atoms with van der Waals surface area (Å²) >= 11 is 1.88. The summed E-state index contributed by atoms with van der Waals surface area (Å²) in [6.45, 7) is 0. The Bertz CT molecular complexity index is 3120. The van der Waals surface area contributed by atoms with Gasteiger partial charge in [0.05, 0.1) is 16.4 Å². The van der Waals surface area contributed by atoms with Crippen LogP contribution in [0.5, 0.6) is 0 Å². The fourth-order valence-corrected chi connectivity index (χ4v) is 10.5. The summed E-state index contributed by atoms with van der Waals surface area (Å²) in [5.41, 5.74) is 13.7. The van der Waals surface area contributed by atoms with Crippen LogP contribution in [0.3, 0.4) is 0 Å². The molecule has 3 heterocycles. The van der Waals surface area contributed by atoms with Crippen LogP contribution in [0.2, 0.25) is 0 Å². The summed E-state index contributed by atoms with van der Waals surface area (Å²) in [6, 6.07) is 69.7. The monoisotopic (exact) mass is 744 g/mol. The van der Waals surface area contributed by atoms with Crippen LogP contribution in [0.4, 0.5) is 0 Å². The molecule has 1 aliphatic carbocycles. The predicted molar refractivity (Wildman–Crippen MR) is 232 cm³/mol. The Morgan fingerprint density at radius 3 is 1.60 bits per heavy atom. The maximum absolute atomic E-state index is 5.07. The van der Waals surface area contributed by atoms with E-state index in [-0.39, 0.29) is 0 Å². The molecule has 5 heteroatoms. The van der Waals surface area contributed by atoms with Gasteiger partial charge in [-0.05, 0) is 69.8 Å². The maximum atomic E-state index is 5.07. The lowest BCUT2D eigenvalue weighted by Crippen LogP contribution is -2.31. The van der Waals surface area contributed by atoms with Crippen molar-refractivity contribution in [3.63, 3.8) is 0 Å². The van der Waals surface area contributed by atoms with Crippen LogP contribution in [0.1, 0.15) is 22.3 Å². The molecule has 1 aliphatic heterocycles. The van der Waals surface area contributed by atoms with E-state index in [0.29, 0.717) is 17.5 Å². The van der Waals surface area contributed by atoms with E-state index >= 15 is 0 Å². The van der Waals surface area contributed by atoms with Crippen molar-refractivity contribution in [2.45, 2.75) is 15.2 Å². The first-order valence-electron chi connectivity index (χ1n) is 19.3. The van der Waals surface area contributed by atoms with E-state index in [1.807, 2.05) is 72.4 Å². The Labute approximate surface area is 334 Å². The van der Waals surface area contributed by atoms with Crippen LogP contribution in [0.15, 0.2) is 204 Å². The standard InChI is InChI=1S/C52H32N4S/c1-3-16-33(17-4-1)49-53-50(34-18-5-2-6-19-34)55-51(54-49)35-20-15-21-36(30-35)56-45-28-13-9-24-39(45)40-31-44-48(32-46(40)56)57-47-29-14-12-27-43(47)52(44)41-25-10-7-22-37(41)38-23-8-11-26-42(38)52/h1-32H. The highest BCUT2D eigenvalue weighted by Gasteiger charge is 2.50. The van der Waals surface area contributed by atoms with Crippen LogP contribution in [0.25, 0.3) is 72.8 Å². The highest BCUT2D eigenvalue weighted by Crippen LogP contribution is 2.62. The lowest BCUT2D eigenvalue weighted by Gasteiger charge is -2.39. The van der Waals surface area contributed by atoms with Crippen LogP contribution in [0, 0.1) is 0 Å². The molecular formula is C52H32N4S. The lowest BCUT2D eigenvalue weighted by molar-refractivity contribution is 0.724. The van der Waals surface area contributed by atoms with Crippen molar-refractivity contribution in [3.05, 3.63) is 216 Å². The SMILES string of the molecule is c1ccc(-c2nc(-c3ccccc3)nc(-c3cccc(-n4c5ccccc5c5cc6c(cc54)Sc4ccccc4C64c5ccccc5-c5ccccc54)c3)n2)cc1. The molecule has 0 amide bonds. The fourth-order valence-electron chi connectivity index (χ4n) is 9.32. The van der Waals surface area contributed by atoms with Gasteiger partial charge in [-0.25, -0.2) is 15.0 Å². The van der Waals surface area contributed by atoms with Crippen molar-refractivity contribution in [1.29, 1.82) is 0 Å². The van der Waals surface area contributed by atoms with E-state index in [2.05, 4.69) is 138 Å². The summed E-state index contributed by atoms with van der Waals surface area (Å²) in [5, 5.41) is 2.45. The second kappa shape index (κ2) is 12.5. The van der Waals surface area contributed by atoms with Crippen LogP contribution in [-0.4, -0.2) is 19.5 Å². The number of hydrogen-bond donors (Lipinski definition) is 0. The number of benzene rings is 8. The molecule has 2 aromatic heterocycles. The molecule has 57 heavy (non-hydrogen) atoms. The summed E-state index contributed by atoms with van der Waals surface area (Å²) in [6.07, 6.45) is 0. The van der Waals surface area contributed by atoms with Gasteiger partial charge in [0.2, 0.25) is 0 Å². The minimum atomic E-state index is -0.437. The normalized spacial score (nSPS) is 13.3. The van der Waals surface area contributed by atoms with Gasteiger partial charge >= 0.3 is 0 Å². The smallest absolute Gasteiger partial charge is 0.164 e. The number of nitrogens with zero attached hydrogens (tertiary/aromatic N) is 4. The van der Waals surface area contributed by atoms with E-state index < -0.39 is 5.41 Å². The van der Waals surface area contributed by atoms with Gasteiger partial charge in [0.1, 0.15) is 0 Å². The number of rotatable bonds is 4. The van der Waals surface area contributed by atoms with Crippen molar-refractivity contribution in [2.75, 3.05) is 0 Å². The molecule has 0 radical (unpaired) electrons. The van der Waals surface area contributed by atoms with Gasteiger partial charge < -0.3 is 4.57 Å². The number of aromatic nitrogens is 4. The third-order valence-electron chi connectivity index (χ3n) is 11.7. The highest BCUT2D eigenvalue weighted by atomic mass is 32.2. The molecule has 12 rings (SSSR count). The molecule has 0 unspecified atom stereocenters. The Balaban J connectivity index is 1.09. The first-order valence-corrected chi connectivity index (χ1v) is 20.1. The van der Waals surface area contributed by atoms with Gasteiger partial charge in [0.15, 0.2) is 17.5 Å². The average molecular weight is 745 g/mol. The van der Waals surface area contributed by atoms with E-state index in [4.69, 9.17) is 15.0 Å². The number of hydrogen-bond acceptors (Lipinski definition) is 4. The van der Waals surface area contributed by atoms with Gasteiger partial charge in [-0.1, -0.05) is 169 Å². The minimum Gasteiger partial charge on any atom is -0.309 e. The van der Waals surface area contributed by atoms with Crippen LogP contribution < -0.4 is 0 Å². The largest absolute Gasteiger partial charge is 0.309 e. The molecule has 0 fully saturated rings. The molecule has 0 bridgehead atoms. The third-order valence-corrected chi connectivity index (χ3v) is 12.8. The Morgan fingerprint density at radius 2 is 0.912 bits per heavy atom. The maximum Gasteiger partial charge on any atom is 0.164 e. The molecule has 266 valence electrons. The average Bonchev–Trinajstić information content (AvgIpc) is 3.76. The summed E-state index contributed by atoms with van der Waals surface area (Å²) in [7, 11) is 0. The molecule has 0 saturated heterocycles. The Morgan fingerprint density at radius 1 is 0.368 bits per heavy atom. The minimum absolute atomic E-state index is 0.437. The zero-order valence-electron chi connectivity index (χ0n) is 30.7. The van der Waals surface area contributed by atoms with E-state index in [1.165, 1.54) is 59.5 Å². The summed E-state index contributed by atoms with van der Waals surface area (Å²) < 4.78 is 2.41. The second-order valence-electron chi connectivity index (χ2n) is 14.7. The van der Waals surface area contributed by atoms with Crippen molar-refractivity contribution in [1.82, 2.24) is 19.5 Å². The second-order valence-corrected chi connectivity index (χ2v) is 15.8. The number of fused-ring (bicyclic) bond motifs is 12. The van der Waals surface area contributed by atoms with Gasteiger partial charge in [0, 0.05) is 42.9 Å². The van der Waals surface area contributed by atoms with E-state index in [1.54, 1.807) is 0 Å². The Kier molecular flexibility index (Phi) is 7.04. The van der Waals surface area contributed by atoms with Gasteiger partial charge in [0.25, 0.3) is 0 Å². The molecular weight excluding hydrogens is 713 g/mol. The van der Waals surface area contributed by atoms with Crippen LogP contribution >= 0.6 is 11.8 Å². The Hall–Kier alpha value is -7.08. The first kappa shape index (κ1) is 32.2. The van der Waals surface area contributed by atoms with Gasteiger partial charge in [-0.3, -0.25) is 0 Å². The fraction of sp³-hybridized carbons (Fsp3) is 0.0192. The van der Waals surface area contributed by atoms with Crippen molar-refractivity contribution < 1.29 is 0 Å². The predicted octanol–water partition coefficient (Wildman–Crippen LogP) is 12.8. The molecule has 2 aliphatic rings. The topological polar surface area (TPSA) is 43.6 Å². The molecule has 0 saturated carbocycles. The molecule has 8 aromatic carbocycles. The quantitative estimate of drug-likeness (QED) is 0.180. The highest BCUT2D eigenvalue weighted by molar-refractivity contribution is 7.99. The summed E-state index contributed by atoms with van der Waals surface area (Å²) in [4.78, 5) is 17.6. The summed E-state index contributed by atoms with van der Waals surface area (Å²) in [5.74, 6) is 1.93. The van der Waals surface area contributed by atoms with Gasteiger partial charge in [-0.2, -0.15) is 0 Å². The zero-order chi connectivity index (χ0) is 37.5. The first-order chi connectivity index (χ1) is 28.3. The van der Waals surface area contributed by atoms with Crippen LogP contribution in [-0.2, 0) is 5.41 Å². The van der Waals surface area contributed by atoms with Crippen molar-refractivity contribution >= 4 is 33.6 Å². The lowest BCUT2D eigenvalue weighted by atomic mass is 9.67. The molecule has 0 N–H and O–H groups in total. The molecule has 0 atom stereocenters. The van der Waals surface area contributed by atoms with Crippen molar-refractivity contribution in [2.24, 2.45) is 0 Å². The number of para-hydroxylation sites is 1. The van der Waals surface area contributed by atoms with E-state index in [9.17, 15) is 0 Å². The third kappa shape index (κ3) is 4.73. The van der Waals surface area contributed by atoms with Crippen molar-refractivity contribution in [3.8, 4) is 51.0 Å². The zero-order valence-corrected chi connectivity index (χ0v) is 31.5.